The van der Waals surface area contributed by atoms with Gasteiger partial charge in [0.1, 0.15) is 0 Å². The zero-order chi connectivity index (χ0) is 21.7. The van der Waals surface area contributed by atoms with Gasteiger partial charge in [-0.15, -0.1) is 0 Å². The fourth-order valence-electron chi connectivity index (χ4n) is 3.51. The highest BCUT2D eigenvalue weighted by molar-refractivity contribution is 6.02. The lowest BCUT2D eigenvalue weighted by atomic mass is 9.97. The van der Waals surface area contributed by atoms with E-state index in [2.05, 4.69) is 24.1 Å². The van der Waals surface area contributed by atoms with Crippen LogP contribution >= 0.6 is 0 Å². The topological polar surface area (TPSA) is 75.7 Å². The first-order valence-electron chi connectivity index (χ1n) is 10.4. The molecule has 2 aromatic rings. The van der Waals surface area contributed by atoms with Crippen LogP contribution in [-0.2, 0) is 22.5 Å². The quantitative estimate of drug-likeness (QED) is 0.531. The van der Waals surface area contributed by atoms with Gasteiger partial charge in [0, 0.05) is 24.2 Å². The molecule has 0 aromatic heterocycles. The Kier molecular flexibility index (Phi) is 7.00. The number of carbonyl (C=O) groups is 3. The summed E-state index contributed by atoms with van der Waals surface area (Å²) in [5.41, 5.74) is 3.67. The third kappa shape index (κ3) is 5.13. The summed E-state index contributed by atoms with van der Waals surface area (Å²) in [6.45, 7) is 8.58. The lowest BCUT2D eigenvalue weighted by Crippen LogP contribution is -2.25. The van der Waals surface area contributed by atoms with Crippen molar-refractivity contribution in [2.45, 2.75) is 46.3 Å². The minimum Gasteiger partial charge on any atom is -0.451 e. The van der Waals surface area contributed by atoms with Crippen molar-refractivity contribution in [2.24, 2.45) is 0 Å². The maximum atomic E-state index is 12.7. The number of amides is 1. The second-order valence-electron chi connectivity index (χ2n) is 7.49. The van der Waals surface area contributed by atoms with Crippen LogP contribution in [0.3, 0.4) is 0 Å². The average molecular weight is 408 g/mol. The number of hydrogen-bond acceptors (Lipinski definition) is 5. The Bertz CT molecular complexity index is 933. The third-order valence-corrected chi connectivity index (χ3v) is 5.43. The number of benzene rings is 2. The Morgan fingerprint density at radius 3 is 2.37 bits per heavy atom. The van der Waals surface area contributed by atoms with Crippen molar-refractivity contribution in [3.8, 4) is 0 Å². The van der Waals surface area contributed by atoms with Crippen LogP contribution in [-0.4, -0.2) is 41.8 Å². The minimum absolute atomic E-state index is 0.0213. The molecule has 3 rings (SSSR count). The van der Waals surface area contributed by atoms with Crippen LogP contribution in [0.25, 0.3) is 0 Å². The van der Waals surface area contributed by atoms with Crippen molar-refractivity contribution in [3.63, 3.8) is 0 Å². The van der Waals surface area contributed by atoms with Gasteiger partial charge >= 0.3 is 5.97 Å². The smallest absolute Gasteiger partial charge is 0.338 e. The monoisotopic (exact) mass is 408 g/mol. The van der Waals surface area contributed by atoms with E-state index in [-0.39, 0.29) is 11.7 Å². The van der Waals surface area contributed by atoms with Crippen molar-refractivity contribution < 1.29 is 19.1 Å². The molecule has 158 valence electrons. The van der Waals surface area contributed by atoms with Gasteiger partial charge in [0.25, 0.3) is 0 Å². The number of ketones is 1. The van der Waals surface area contributed by atoms with E-state index in [0.29, 0.717) is 24.0 Å². The fraction of sp³-hybridized carbons (Fsp3) is 0.375. The third-order valence-electron chi connectivity index (χ3n) is 5.43. The molecule has 0 spiro atoms. The summed E-state index contributed by atoms with van der Waals surface area (Å²) in [5.74, 6) is -0.802. The van der Waals surface area contributed by atoms with Crippen molar-refractivity contribution in [2.75, 3.05) is 18.4 Å². The SMILES string of the molecule is CCN(CC)Cc1ccc(C(=O)OC(C)C(=O)c2ccc3c(c2)CCC(=O)N3)cc1. The molecule has 0 saturated carbocycles. The maximum absolute atomic E-state index is 12.7. The predicted molar refractivity (Wildman–Crippen MR) is 116 cm³/mol. The molecular formula is C24H28N2O4. The molecule has 1 N–H and O–H groups in total. The van der Waals surface area contributed by atoms with E-state index in [9.17, 15) is 14.4 Å². The predicted octanol–water partition coefficient (Wildman–Crippen LogP) is 3.84. The molecule has 0 fully saturated rings. The molecule has 0 radical (unpaired) electrons. The van der Waals surface area contributed by atoms with Crippen LogP contribution < -0.4 is 5.32 Å². The molecule has 1 aliphatic heterocycles. The number of nitrogens with zero attached hydrogens (tertiary/aromatic N) is 1. The van der Waals surface area contributed by atoms with E-state index < -0.39 is 12.1 Å². The Balaban J connectivity index is 1.62. The minimum atomic E-state index is -0.899. The van der Waals surface area contributed by atoms with Crippen molar-refractivity contribution >= 4 is 23.3 Å². The van der Waals surface area contributed by atoms with Gasteiger partial charge in [-0.3, -0.25) is 14.5 Å². The highest BCUT2D eigenvalue weighted by Gasteiger charge is 2.23. The van der Waals surface area contributed by atoms with E-state index in [1.54, 1.807) is 37.3 Å². The first-order valence-corrected chi connectivity index (χ1v) is 10.4. The summed E-state index contributed by atoms with van der Waals surface area (Å²) in [6.07, 6.45) is 0.0968. The molecule has 0 bridgehead atoms. The summed E-state index contributed by atoms with van der Waals surface area (Å²) < 4.78 is 5.41. The van der Waals surface area contributed by atoms with E-state index in [1.165, 1.54) is 0 Å². The first-order chi connectivity index (χ1) is 14.4. The van der Waals surface area contributed by atoms with Gasteiger partial charge in [-0.25, -0.2) is 4.79 Å². The highest BCUT2D eigenvalue weighted by Crippen LogP contribution is 2.24. The molecule has 1 unspecified atom stereocenters. The van der Waals surface area contributed by atoms with Gasteiger partial charge in [-0.05, 0) is 67.9 Å². The molecule has 2 aromatic carbocycles. The van der Waals surface area contributed by atoms with Crippen LogP contribution in [0.1, 0.15) is 59.0 Å². The number of aryl methyl sites for hydroxylation is 1. The first kappa shape index (κ1) is 21.7. The number of hydrogen-bond donors (Lipinski definition) is 1. The van der Waals surface area contributed by atoms with Crippen molar-refractivity contribution in [1.82, 2.24) is 4.90 Å². The van der Waals surface area contributed by atoms with Gasteiger partial charge in [0.2, 0.25) is 11.7 Å². The van der Waals surface area contributed by atoms with E-state index in [0.717, 1.165) is 36.4 Å². The Morgan fingerprint density at radius 2 is 1.70 bits per heavy atom. The molecule has 6 nitrogen and oxygen atoms in total. The summed E-state index contributed by atoms with van der Waals surface area (Å²) in [4.78, 5) is 39.0. The number of rotatable bonds is 8. The van der Waals surface area contributed by atoms with E-state index >= 15 is 0 Å². The molecule has 0 aliphatic carbocycles. The number of anilines is 1. The summed E-state index contributed by atoms with van der Waals surface area (Å²) in [5, 5.41) is 2.79. The van der Waals surface area contributed by atoms with Gasteiger partial charge in [0.05, 0.1) is 5.56 Å². The Hall–Kier alpha value is -2.99. The van der Waals surface area contributed by atoms with Crippen LogP contribution in [0.5, 0.6) is 0 Å². The second kappa shape index (κ2) is 9.67. The second-order valence-corrected chi connectivity index (χ2v) is 7.49. The normalized spacial score (nSPS) is 14.1. The Labute approximate surface area is 177 Å². The van der Waals surface area contributed by atoms with Gasteiger partial charge in [-0.1, -0.05) is 26.0 Å². The summed E-state index contributed by atoms with van der Waals surface area (Å²) in [6, 6.07) is 12.4. The largest absolute Gasteiger partial charge is 0.451 e. The average Bonchev–Trinajstić information content (AvgIpc) is 2.76. The number of ether oxygens (including phenoxy) is 1. The van der Waals surface area contributed by atoms with Crippen LogP contribution in [0.15, 0.2) is 42.5 Å². The van der Waals surface area contributed by atoms with Gasteiger partial charge in [-0.2, -0.15) is 0 Å². The number of nitrogens with one attached hydrogen (secondary N) is 1. The molecule has 1 aliphatic rings. The van der Waals surface area contributed by atoms with Crippen molar-refractivity contribution in [1.29, 1.82) is 0 Å². The number of Topliss-reactive ketones (excluding diaryl/α,β-unsaturated/α-hetero) is 1. The molecular weight excluding hydrogens is 380 g/mol. The van der Waals surface area contributed by atoms with Crippen molar-refractivity contribution in [3.05, 3.63) is 64.7 Å². The number of fused-ring (bicyclic) bond motifs is 1. The summed E-state index contributed by atoms with van der Waals surface area (Å²) >= 11 is 0. The Morgan fingerprint density at radius 1 is 1.03 bits per heavy atom. The molecule has 0 saturated heterocycles. The summed E-state index contributed by atoms with van der Waals surface area (Å²) in [7, 11) is 0. The molecule has 1 amide bonds. The number of carbonyl (C=O) groups excluding carboxylic acids is 3. The zero-order valence-corrected chi connectivity index (χ0v) is 17.7. The van der Waals surface area contributed by atoms with Crippen LogP contribution in [0.4, 0.5) is 5.69 Å². The van der Waals surface area contributed by atoms with Gasteiger partial charge < -0.3 is 10.1 Å². The molecule has 30 heavy (non-hydrogen) atoms. The van der Waals surface area contributed by atoms with Crippen LogP contribution in [0, 0.1) is 0 Å². The lowest BCUT2D eigenvalue weighted by Gasteiger charge is -2.19. The number of esters is 1. The maximum Gasteiger partial charge on any atom is 0.338 e. The van der Waals surface area contributed by atoms with E-state index in [4.69, 9.17) is 4.74 Å². The van der Waals surface area contributed by atoms with Crippen LogP contribution in [0.2, 0.25) is 0 Å². The molecule has 6 heteroatoms. The highest BCUT2D eigenvalue weighted by atomic mass is 16.5. The fourth-order valence-corrected chi connectivity index (χ4v) is 3.51. The molecule has 1 atom stereocenters. The standard InChI is InChI=1S/C24H28N2O4/c1-4-26(5-2)15-17-6-8-18(9-7-17)24(29)30-16(3)23(28)20-10-12-21-19(14-20)11-13-22(27)25-21/h6-10,12,14,16H,4-5,11,13,15H2,1-3H3,(H,25,27). The zero-order valence-electron chi connectivity index (χ0n) is 17.7. The van der Waals surface area contributed by atoms with E-state index in [1.807, 2.05) is 12.1 Å². The van der Waals surface area contributed by atoms with Gasteiger partial charge in [0.15, 0.2) is 6.10 Å². The lowest BCUT2D eigenvalue weighted by molar-refractivity contribution is -0.116. The molecule has 1 heterocycles.